The zero-order valence-corrected chi connectivity index (χ0v) is 30.3. The van der Waals surface area contributed by atoms with Gasteiger partial charge < -0.3 is 20.2 Å². The summed E-state index contributed by atoms with van der Waals surface area (Å²) < 4.78 is 46.6. The highest BCUT2D eigenvalue weighted by Crippen LogP contribution is 2.23. The summed E-state index contributed by atoms with van der Waals surface area (Å²) in [7, 11) is 0.671. The van der Waals surface area contributed by atoms with E-state index in [0.29, 0.717) is 38.8 Å². The molecule has 0 unspecified atom stereocenters. The standard InChI is InChI=1S/C21H17FN4O2.C20H15FN4O2.CH3F/c1-25-10-9-14(11-20(25)27)12-23-21(28)17-3-2-4-19-18(17)13-24-26(19)16-7-5-15(22)6-8-16;21-14-4-6-15(7-5-14)25-18-3-1-2-16(17(18)12-24-25)20(27)23-11-13-8-9-22-19(26)10-13;1-2/h2-11,13H,12H2,1H3,(H,23,28);1-10,12H,11H2,(H,22,26)(H,23,27);1H3/i;;1D. The number of nitrogens with one attached hydrogen (secondary N) is 3. The number of carbonyl (C=O) groups excluding carboxylic acids is 2. The van der Waals surface area contributed by atoms with E-state index in [1.807, 2.05) is 12.1 Å². The second kappa shape index (κ2) is 17.7. The summed E-state index contributed by atoms with van der Waals surface area (Å²) in [5, 5.41) is 15.7. The molecule has 3 N–H and O–H groups in total. The normalized spacial score (nSPS) is 10.8. The summed E-state index contributed by atoms with van der Waals surface area (Å²) in [5.74, 6) is -1.17. The van der Waals surface area contributed by atoms with Gasteiger partial charge in [0, 0.05) is 55.4 Å². The van der Waals surface area contributed by atoms with Crippen LogP contribution in [-0.4, -0.2) is 48.1 Å². The van der Waals surface area contributed by atoms with Crippen molar-refractivity contribution in [3.05, 3.63) is 189 Å². The first-order valence-corrected chi connectivity index (χ1v) is 17.3. The molecular formula is C42H35F3N8O4. The molecule has 0 aliphatic carbocycles. The van der Waals surface area contributed by atoms with Crippen LogP contribution in [-0.2, 0) is 20.1 Å². The lowest BCUT2D eigenvalue weighted by Gasteiger charge is -2.08. The maximum absolute atomic E-state index is 13.2. The minimum atomic E-state index is -1.00. The first-order valence-electron chi connectivity index (χ1n) is 18.0. The number of benzene rings is 4. The quantitative estimate of drug-likeness (QED) is 0.169. The first-order chi connectivity index (χ1) is 28.1. The molecule has 4 aromatic heterocycles. The number of H-pyrrole nitrogens is 1. The number of fused-ring (bicyclic) bond motifs is 2. The number of aryl methyl sites for hydroxylation is 1. The van der Waals surface area contributed by atoms with Gasteiger partial charge in [-0.05, 0) is 96.1 Å². The first kappa shape index (κ1) is 37.8. The van der Waals surface area contributed by atoms with Gasteiger partial charge in [-0.2, -0.15) is 10.2 Å². The summed E-state index contributed by atoms with van der Waals surface area (Å²) in [6.45, 7) is 0.489. The van der Waals surface area contributed by atoms with Crippen LogP contribution in [0.5, 0.6) is 0 Å². The van der Waals surface area contributed by atoms with Gasteiger partial charge in [0.1, 0.15) is 11.6 Å². The molecule has 0 saturated carbocycles. The second-order valence-corrected chi connectivity index (χ2v) is 12.5. The number of pyridine rings is 2. The third-order valence-corrected chi connectivity index (χ3v) is 8.77. The topological polar surface area (TPSA) is 149 Å². The molecular weight excluding hydrogens is 738 g/mol. The number of hydrogen-bond acceptors (Lipinski definition) is 6. The number of carbonyl (C=O) groups is 2. The molecule has 0 spiro atoms. The molecule has 0 aliphatic rings. The molecule has 8 rings (SSSR count). The van der Waals surface area contributed by atoms with Crippen LogP contribution in [0, 0.1) is 11.6 Å². The lowest BCUT2D eigenvalue weighted by molar-refractivity contribution is 0.0944. The van der Waals surface area contributed by atoms with Gasteiger partial charge in [0.15, 0.2) is 0 Å². The zero-order chi connectivity index (χ0) is 41.2. The van der Waals surface area contributed by atoms with Crippen molar-refractivity contribution in [3.63, 3.8) is 0 Å². The molecule has 57 heavy (non-hydrogen) atoms. The maximum atomic E-state index is 13.2. The minimum Gasteiger partial charge on any atom is -0.348 e. The molecule has 12 nitrogen and oxygen atoms in total. The highest BCUT2D eigenvalue weighted by Gasteiger charge is 2.16. The Hall–Kier alpha value is -7.55. The number of halogens is 3. The van der Waals surface area contributed by atoms with E-state index in [-0.39, 0.29) is 47.7 Å². The third kappa shape index (κ3) is 9.05. The summed E-state index contributed by atoms with van der Waals surface area (Å²) in [5.41, 5.74) is 4.94. The van der Waals surface area contributed by atoms with Crippen molar-refractivity contribution in [2.75, 3.05) is 7.15 Å². The van der Waals surface area contributed by atoms with Crippen molar-refractivity contribution in [1.29, 1.82) is 0 Å². The Morgan fingerprint density at radius 3 is 1.63 bits per heavy atom. The number of alkyl halides is 1. The summed E-state index contributed by atoms with van der Waals surface area (Å²) >= 11 is 0. The van der Waals surface area contributed by atoms with Crippen molar-refractivity contribution in [3.8, 4) is 11.4 Å². The van der Waals surface area contributed by atoms with Gasteiger partial charge >= 0.3 is 0 Å². The van der Waals surface area contributed by atoms with Crippen LogP contribution in [0.4, 0.5) is 13.2 Å². The Morgan fingerprint density at radius 1 is 0.702 bits per heavy atom. The lowest BCUT2D eigenvalue weighted by Crippen LogP contribution is -2.24. The van der Waals surface area contributed by atoms with E-state index in [4.69, 9.17) is 1.37 Å². The molecule has 2 amide bonds. The van der Waals surface area contributed by atoms with E-state index in [9.17, 15) is 32.3 Å². The van der Waals surface area contributed by atoms with Crippen LogP contribution >= 0.6 is 0 Å². The number of rotatable bonds is 8. The molecule has 288 valence electrons. The molecule has 4 heterocycles. The van der Waals surface area contributed by atoms with Crippen molar-refractivity contribution in [2.24, 2.45) is 7.05 Å². The van der Waals surface area contributed by atoms with Crippen molar-refractivity contribution in [2.45, 2.75) is 13.1 Å². The number of nitrogens with zero attached hydrogens (tertiary/aromatic N) is 5. The molecule has 4 aromatic carbocycles. The molecule has 0 radical (unpaired) electrons. The van der Waals surface area contributed by atoms with Crippen molar-refractivity contribution >= 4 is 33.6 Å². The Morgan fingerprint density at radius 2 is 1.18 bits per heavy atom. The van der Waals surface area contributed by atoms with Crippen molar-refractivity contribution < 1.29 is 24.1 Å². The van der Waals surface area contributed by atoms with E-state index in [1.54, 1.807) is 95.7 Å². The molecule has 0 aliphatic heterocycles. The van der Waals surface area contributed by atoms with Gasteiger partial charge in [-0.1, -0.05) is 12.1 Å². The summed E-state index contributed by atoms with van der Waals surface area (Å²) in [6, 6.07) is 29.1. The third-order valence-electron chi connectivity index (χ3n) is 8.77. The zero-order valence-electron chi connectivity index (χ0n) is 31.3. The summed E-state index contributed by atoms with van der Waals surface area (Å²) in [4.78, 5) is 50.9. The molecule has 0 saturated heterocycles. The Balaban J connectivity index is 0.000000183. The molecule has 15 heteroatoms. The smallest absolute Gasteiger partial charge is 0.252 e. The monoisotopic (exact) mass is 773 g/mol. The molecule has 8 aromatic rings. The van der Waals surface area contributed by atoms with E-state index in [0.717, 1.165) is 16.6 Å². The fourth-order valence-electron chi connectivity index (χ4n) is 5.93. The Labute approximate surface area is 324 Å². The second-order valence-electron chi connectivity index (χ2n) is 12.5. The molecule has 0 bridgehead atoms. The Bertz CT molecular complexity index is 2820. The fourth-order valence-corrected chi connectivity index (χ4v) is 5.93. The van der Waals surface area contributed by atoms with Crippen LogP contribution in [0.15, 0.2) is 144 Å². The van der Waals surface area contributed by atoms with Crippen LogP contribution < -0.4 is 21.8 Å². The van der Waals surface area contributed by atoms with E-state index >= 15 is 0 Å². The predicted octanol–water partition coefficient (Wildman–Crippen LogP) is 6.16. The Kier molecular flexibility index (Phi) is 11.7. The predicted molar refractivity (Wildman–Crippen MR) is 210 cm³/mol. The fraction of sp³-hybridized carbons (Fsp3) is 0.0952. The van der Waals surface area contributed by atoms with Gasteiger partial charge in [0.05, 0.1) is 54.5 Å². The number of amides is 2. The minimum absolute atomic E-state index is 0.130. The van der Waals surface area contributed by atoms with E-state index in [2.05, 4.69) is 25.8 Å². The summed E-state index contributed by atoms with van der Waals surface area (Å²) in [6.07, 6.45) is 6.43. The van der Waals surface area contributed by atoms with Crippen LogP contribution in [0.25, 0.3) is 33.2 Å². The van der Waals surface area contributed by atoms with Gasteiger partial charge in [-0.15, -0.1) is 0 Å². The largest absolute Gasteiger partial charge is 0.348 e. The maximum Gasteiger partial charge on any atom is 0.252 e. The molecule has 0 fully saturated rings. The van der Waals surface area contributed by atoms with Crippen LogP contribution in [0.2, 0.25) is 0 Å². The average Bonchev–Trinajstić information content (AvgIpc) is 3.87. The van der Waals surface area contributed by atoms with Gasteiger partial charge in [-0.3, -0.25) is 23.6 Å². The van der Waals surface area contributed by atoms with Crippen LogP contribution in [0.1, 0.15) is 33.2 Å². The SMILES string of the molecule is Cn1ccc(CNC(=O)c2cccc3c2cnn3-c2ccc(F)cc2)cc1=O.O=C(NCc1cc[nH]c(=O)c1)c1cccc2c1cnn2-c1ccc(F)cc1.[2H]CF. The van der Waals surface area contributed by atoms with Crippen LogP contribution in [0.3, 0.4) is 0 Å². The van der Waals surface area contributed by atoms with E-state index in [1.165, 1.54) is 47.2 Å². The number of aromatic amines is 1. The highest BCUT2D eigenvalue weighted by atomic mass is 19.1. The van der Waals surface area contributed by atoms with Gasteiger partial charge in [0.2, 0.25) is 5.56 Å². The lowest BCUT2D eigenvalue weighted by atomic mass is 10.1. The molecule has 0 atom stereocenters. The number of aromatic nitrogens is 6. The average molecular weight is 774 g/mol. The van der Waals surface area contributed by atoms with Gasteiger partial charge in [-0.25, -0.2) is 18.1 Å². The highest BCUT2D eigenvalue weighted by molar-refractivity contribution is 6.07. The van der Waals surface area contributed by atoms with E-state index < -0.39 is 7.15 Å². The number of hydrogen-bond donors (Lipinski definition) is 3. The van der Waals surface area contributed by atoms with Gasteiger partial charge in [0.25, 0.3) is 17.4 Å². The van der Waals surface area contributed by atoms with Crippen molar-refractivity contribution in [1.82, 2.24) is 39.7 Å².